The Kier molecular flexibility index (Phi) is 33.6. The van der Waals surface area contributed by atoms with Crippen molar-refractivity contribution in [1.82, 2.24) is 0 Å². The van der Waals surface area contributed by atoms with Gasteiger partial charge in [-0.2, -0.15) is 0 Å². The van der Waals surface area contributed by atoms with Crippen LogP contribution in [0.3, 0.4) is 0 Å². The van der Waals surface area contributed by atoms with E-state index in [1.54, 1.807) is 0 Å². The summed E-state index contributed by atoms with van der Waals surface area (Å²) >= 11 is -3.58. The van der Waals surface area contributed by atoms with Gasteiger partial charge in [0.05, 0.1) is 0 Å². The molecule has 0 aliphatic carbocycles. The number of unbranched alkanes of at least 4 members (excludes halogenated alkanes) is 26. The van der Waals surface area contributed by atoms with E-state index in [0.29, 0.717) is 7.60 Å². The number of carbonyl (C=O) groups is 2. The van der Waals surface area contributed by atoms with Gasteiger partial charge in [0.15, 0.2) is 0 Å². The van der Waals surface area contributed by atoms with Crippen molar-refractivity contribution in [2.24, 2.45) is 0 Å². The summed E-state index contributed by atoms with van der Waals surface area (Å²) in [5.74, 6) is 0. The van der Waals surface area contributed by atoms with Crippen LogP contribution in [0.25, 0.3) is 0 Å². The van der Waals surface area contributed by atoms with Crippen LogP contribution in [0.5, 0.6) is 0 Å². The van der Waals surface area contributed by atoms with Gasteiger partial charge in [0.25, 0.3) is 0 Å². The van der Waals surface area contributed by atoms with E-state index in [9.17, 15) is 9.59 Å². The second-order valence-corrected chi connectivity index (χ2v) is 26.3. The van der Waals surface area contributed by atoms with Crippen LogP contribution >= 0.6 is 0 Å². The standard InChI is InChI=1S/2C12H23O.2C8H17.Sn/c2*1-2-3-4-5-6-7-8-9-10-11-12-13;2*1-3-5-7-8-6-4-2;/h2*2-11H2,1H3;2*1,3-8H2,2H3;. The van der Waals surface area contributed by atoms with Crippen LogP contribution in [0.2, 0.25) is 8.87 Å². The van der Waals surface area contributed by atoms with Gasteiger partial charge in [-0.25, -0.2) is 0 Å². The van der Waals surface area contributed by atoms with E-state index < -0.39 is 18.4 Å². The molecule has 0 unspecified atom stereocenters. The van der Waals surface area contributed by atoms with Crippen molar-refractivity contribution in [2.45, 2.75) is 242 Å². The summed E-state index contributed by atoms with van der Waals surface area (Å²) < 4.78 is 3.12. The average Bonchev–Trinajstić information content (AvgIpc) is 3.01. The van der Waals surface area contributed by atoms with Gasteiger partial charge < -0.3 is 0 Å². The Morgan fingerprint density at radius 1 is 0.302 bits per heavy atom. The number of carbonyl (C=O) groups excluding carboxylic acids is 2. The summed E-state index contributed by atoms with van der Waals surface area (Å²) in [4.78, 5) is 28.4. The van der Waals surface area contributed by atoms with Gasteiger partial charge in [0.2, 0.25) is 0 Å². The third kappa shape index (κ3) is 25.0. The molecule has 0 atom stereocenters. The molecule has 0 aliphatic rings. The summed E-state index contributed by atoms with van der Waals surface area (Å²) in [6, 6.07) is 0. The molecule has 0 saturated carbocycles. The van der Waals surface area contributed by atoms with Gasteiger partial charge in [0.1, 0.15) is 0 Å². The molecule has 3 heteroatoms. The van der Waals surface area contributed by atoms with E-state index in [2.05, 4.69) is 27.7 Å². The summed E-state index contributed by atoms with van der Waals surface area (Å²) in [5.41, 5.74) is 0. The maximum atomic E-state index is 14.2. The normalized spacial score (nSPS) is 11.8. The van der Waals surface area contributed by atoms with Crippen LogP contribution in [0, 0.1) is 0 Å². The van der Waals surface area contributed by atoms with E-state index in [0.717, 1.165) is 47.4 Å². The molecule has 0 amide bonds. The van der Waals surface area contributed by atoms with Crippen LogP contribution in [0.4, 0.5) is 0 Å². The molecule has 0 spiro atoms. The van der Waals surface area contributed by atoms with E-state index in [1.807, 2.05) is 0 Å². The molecule has 0 heterocycles. The fraction of sp³-hybridized carbons (Fsp3) is 0.950. The summed E-state index contributed by atoms with van der Waals surface area (Å²) in [6.45, 7) is 9.11. The van der Waals surface area contributed by atoms with Gasteiger partial charge in [-0.3, -0.25) is 0 Å². The van der Waals surface area contributed by atoms with Crippen LogP contribution in [-0.2, 0) is 9.59 Å². The van der Waals surface area contributed by atoms with E-state index in [1.165, 1.54) is 167 Å². The zero-order valence-electron chi connectivity index (χ0n) is 30.4. The third-order valence-electron chi connectivity index (χ3n) is 10.00. The Bertz CT molecular complexity index is 549. The Labute approximate surface area is 276 Å². The van der Waals surface area contributed by atoms with Gasteiger partial charge in [-0.05, 0) is 0 Å². The Hall–Kier alpha value is 0.139. The van der Waals surface area contributed by atoms with E-state index in [-0.39, 0.29) is 0 Å². The second kappa shape index (κ2) is 33.5. The zero-order valence-corrected chi connectivity index (χ0v) is 33.2. The van der Waals surface area contributed by atoms with Crippen LogP contribution in [0.15, 0.2) is 0 Å². The van der Waals surface area contributed by atoms with Crippen molar-refractivity contribution in [2.75, 3.05) is 0 Å². The molecule has 0 saturated heterocycles. The van der Waals surface area contributed by atoms with Crippen molar-refractivity contribution >= 4 is 26.0 Å². The molecule has 0 fully saturated rings. The average molecular weight is 712 g/mol. The summed E-state index contributed by atoms with van der Waals surface area (Å²) in [6.07, 6.45) is 39.7. The molecule has 0 bridgehead atoms. The predicted molar refractivity (Wildman–Crippen MR) is 196 cm³/mol. The van der Waals surface area contributed by atoms with Crippen molar-refractivity contribution in [3.05, 3.63) is 0 Å². The van der Waals surface area contributed by atoms with Crippen molar-refractivity contribution in [3.8, 4) is 0 Å². The monoisotopic (exact) mass is 713 g/mol. The van der Waals surface area contributed by atoms with E-state index >= 15 is 0 Å². The molecule has 2 nitrogen and oxygen atoms in total. The quantitative estimate of drug-likeness (QED) is 0.0479. The molecule has 0 aromatic rings. The minimum absolute atomic E-state index is 0.528. The maximum absolute atomic E-state index is 14.2. The van der Waals surface area contributed by atoms with Gasteiger partial charge >= 0.3 is 278 Å². The Morgan fingerprint density at radius 3 is 0.767 bits per heavy atom. The third-order valence-corrected chi connectivity index (χ3v) is 24.4. The van der Waals surface area contributed by atoms with E-state index in [4.69, 9.17) is 0 Å². The zero-order chi connectivity index (χ0) is 31.7. The molecule has 0 N–H and O–H groups in total. The Balaban J connectivity index is 5.13. The molecular weight excluding hydrogens is 631 g/mol. The molecule has 0 aromatic carbocycles. The van der Waals surface area contributed by atoms with Gasteiger partial charge in [-0.15, -0.1) is 0 Å². The first-order chi connectivity index (χ1) is 21.1. The molecule has 0 radical (unpaired) electrons. The topological polar surface area (TPSA) is 34.1 Å². The van der Waals surface area contributed by atoms with Crippen molar-refractivity contribution in [1.29, 1.82) is 0 Å². The van der Waals surface area contributed by atoms with Crippen LogP contribution in [0.1, 0.15) is 233 Å². The molecule has 256 valence electrons. The van der Waals surface area contributed by atoms with Crippen molar-refractivity contribution < 1.29 is 9.59 Å². The van der Waals surface area contributed by atoms with Crippen LogP contribution < -0.4 is 0 Å². The van der Waals surface area contributed by atoms with Crippen LogP contribution in [-0.4, -0.2) is 26.0 Å². The fourth-order valence-electron chi connectivity index (χ4n) is 6.92. The first kappa shape index (κ1) is 43.1. The second-order valence-electron chi connectivity index (χ2n) is 14.1. The first-order valence-corrected chi connectivity index (χ1v) is 27.0. The van der Waals surface area contributed by atoms with Crippen molar-refractivity contribution in [3.63, 3.8) is 0 Å². The number of hydrogen-bond acceptors (Lipinski definition) is 2. The fourth-order valence-corrected chi connectivity index (χ4v) is 20.3. The molecule has 0 rings (SSSR count). The van der Waals surface area contributed by atoms with Gasteiger partial charge in [0, 0.05) is 0 Å². The molecule has 0 aliphatic heterocycles. The SMILES string of the molecule is CCCCCCCCCCC[C](=O)[Sn]([CH2]CCCCCCC)([CH2]CCCCCCC)[C](=O)CCCCCCCCCCC. The summed E-state index contributed by atoms with van der Waals surface area (Å²) in [5, 5.41) is 0. The number of hydrogen-bond donors (Lipinski definition) is 0. The Morgan fingerprint density at radius 2 is 0.512 bits per heavy atom. The summed E-state index contributed by atoms with van der Waals surface area (Å²) in [7, 11) is 0. The van der Waals surface area contributed by atoms with Gasteiger partial charge in [-0.1, -0.05) is 0 Å². The minimum atomic E-state index is -3.58. The molecular formula is C40H80O2Sn. The molecule has 0 aromatic heterocycles. The first-order valence-electron chi connectivity index (χ1n) is 20.2. The predicted octanol–water partition coefficient (Wildman–Crippen LogP) is 14.2. The molecule has 43 heavy (non-hydrogen) atoms. The number of rotatable bonds is 36.